The van der Waals surface area contributed by atoms with Crippen molar-refractivity contribution in [2.45, 2.75) is 12.8 Å². The van der Waals surface area contributed by atoms with Crippen molar-refractivity contribution in [3.05, 3.63) is 94.5 Å². The van der Waals surface area contributed by atoms with Crippen LogP contribution in [0.2, 0.25) is 0 Å². The molecule has 0 saturated carbocycles. The summed E-state index contributed by atoms with van der Waals surface area (Å²) in [5, 5.41) is 0.963. The first-order valence-corrected chi connectivity index (χ1v) is 10.3. The lowest BCUT2D eigenvalue weighted by atomic mass is 10.0. The molecule has 0 amide bonds. The summed E-state index contributed by atoms with van der Waals surface area (Å²) in [7, 11) is 1.64. The van der Waals surface area contributed by atoms with Gasteiger partial charge in [0.15, 0.2) is 0 Å². The van der Waals surface area contributed by atoms with Gasteiger partial charge >= 0.3 is 0 Å². The maximum absolute atomic E-state index is 12.5. The largest absolute Gasteiger partial charge is 0.497 e. The molecule has 0 fully saturated rings. The Morgan fingerprint density at radius 2 is 1.66 bits per heavy atom. The molecule has 0 aliphatic carbocycles. The Kier molecular flexibility index (Phi) is 5.82. The van der Waals surface area contributed by atoms with E-state index in [-0.39, 0.29) is 5.78 Å². The summed E-state index contributed by atoms with van der Waals surface area (Å²) >= 11 is 1.66. The van der Waals surface area contributed by atoms with Crippen LogP contribution in [0.5, 0.6) is 5.75 Å². The van der Waals surface area contributed by atoms with Crippen LogP contribution in [0.4, 0.5) is 0 Å². The lowest BCUT2D eigenvalue weighted by molar-refractivity contribution is -0.117. The molecule has 0 aliphatic rings. The van der Waals surface area contributed by atoms with Crippen molar-refractivity contribution in [3.63, 3.8) is 0 Å². The summed E-state index contributed by atoms with van der Waals surface area (Å²) in [6.45, 7) is 0. The summed E-state index contributed by atoms with van der Waals surface area (Å²) in [6, 6.07) is 23.9. The van der Waals surface area contributed by atoms with Gasteiger partial charge in [0.05, 0.1) is 17.3 Å². The highest BCUT2D eigenvalue weighted by Gasteiger charge is 2.08. The fraction of sp³-hybridized carbons (Fsp3) is 0.120. The Bertz CT molecular complexity index is 1140. The number of aromatic nitrogens is 1. The average molecular weight is 400 g/mol. The lowest BCUT2D eigenvalue weighted by Crippen LogP contribution is -2.06. The Morgan fingerprint density at radius 1 is 0.931 bits per heavy atom. The molecule has 4 aromatic rings. The molecule has 1 aromatic heterocycles. The normalized spacial score (nSPS) is 11.2. The van der Waals surface area contributed by atoms with Gasteiger partial charge in [0.2, 0.25) is 0 Å². The van der Waals surface area contributed by atoms with E-state index in [1.54, 1.807) is 18.4 Å². The lowest BCUT2D eigenvalue weighted by Gasteiger charge is -2.04. The fourth-order valence-electron chi connectivity index (χ4n) is 3.16. The van der Waals surface area contributed by atoms with E-state index in [1.807, 2.05) is 60.7 Å². The molecule has 4 heteroatoms. The Hall–Kier alpha value is -3.24. The van der Waals surface area contributed by atoms with Crippen molar-refractivity contribution in [2.24, 2.45) is 0 Å². The first-order valence-electron chi connectivity index (χ1n) is 9.47. The van der Waals surface area contributed by atoms with E-state index < -0.39 is 0 Å². The molecule has 3 aromatic carbocycles. The number of benzene rings is 3. The Morgan fingerprint density at radius 3 is 2.41 bits per heavy atom. The van der Waals surface area contributed by atoms with Crippen LogP contribution < -0.4 is 4.74 Å². The second-order valence-corrected chi connectivity index (χ2v) is 7.90. The Balaban J connectivity index is 1.44. The number of rotatable bonds is 7. The number of Topliss-reactive ketones (excluding diaryl/α,β-unsaturated/α-hetero) is 1. The van der Waals surface area contributed by atoms with Crippen LogP contribution >= 0.6 is 11.3 Å². The first-order chi connectivity index (χ1) is 14.2. The zero-order valence-corrected chi connectivity index (χ0v) is 17.0. The summed E-state index contributed by atoms with van der Waals surface area (Å²) in [6.07, 6.45) is 4.93. The number of carbonyl (C=O) groups is 1. The van der Waals surface area contributed by atoms with Crippen LogP contribution in [-0.4, -0.2) is 17.9 Å². The van der Waals surface area contributed by atoms with E-state index >= 15 is 0 Å². The molecule has 144 valence electrons. The molecule has 0 unspecified atom stereocenters. The minimum Gasteiger partial charge on any atom is -0.497 e. The zero-order chi connectivity index (χ0) is 20.1. The molecule has 0 bridgehead atoms. The maximum atomic E-state index is 12.5. The number of ether oxygens (including phenoxy) is 1. The number of carbonyl (C=O) groups excluding carboxylic acids is 1. The predicted octanol–water partition coefficient (Wildman–Crippen LogP) is 5.83. The summed E-state index contributed by atoms with van der Waals surface area (Å²) in [4.78, 5) is 17.2. The number of fused-ring (bicyclic) bond motifs is 1. The van der Waals surface area contributed by atoms with Gasteiger partial charge in [-0.3, -0.25) is 4.79 Å². The number of nitrogens with zero attached hydrogens (tertiary/aromatic N) is 1. The quantitative estimate of drug-likeness (QED) is 0.392. The van der Waals surface area contributed by atoms with Crippen LogP contribution in [0.15, 0.2) is 72.8 Å². The summed E-state index contributed by atoms with van der Waals surface area (Å²) in [5.41, 5.74) is 4.09. The smallest absolute Gasteiger partial charge is 0.141 e. The average Bonchev–Trinajstić information content (AvgIpc) is 3.16. The molecular weight excluding hydrogens is 378 g/mol. The van der Waals surface area contributed by atoms with Crippen LogP contribution in [-0.2, 0) is 17.6 Å². The van der Waals surface area contributed by atoms with Gasteiger partial charge < -0.3 is 4.74 Å². The van der Waals surface area contributed by atoms with E-state index in [0.29, 0.717) is 12.8 Å². The van der Waals surface area contributed by atoms with E-state index in [9.17, 15) is 4.79 Å². The maximum Gasteiger partial charge on any atom is 0.141 e. The van der Waals surface area contributed by atoms with Crippen molar-refractivity contribution < 1.29 is 9.53 Å². The number of ketones is 1. The van der Waals surface area contributed by atoms with Crippen LogP contribution in [0.3, 0.4) is 0 Å². The first kappa shape index (κ1) is 19.1. The molecular formula is C25H21NO2S. The molecule has 0 N–H and O–H groups in total. The van der Waals surface area contributed by atoms with E-state index in [1.165, 1.54) is 0 Å². The van der Waals surface area contributed by atoms with Crippen LogP contribution in [0, 0.1) is 0 Å². The number of hydrogen-bond acceptors (Lipinski definition) is 4. The number of thiazole rings is 1. The SMILES string of the molecule is COc1ccc(CC(=O)Cc2ccc3sc(C=Cc4ccccc4)nc3c2)cc1. The minimum absolute atomic E-state index is 0.189. The number of methoxy groups -OCH3 is 1. The number of hydrogen-bond donors (Lipinski definition) is 0. The standard InChI is InChI=1S/C25H21NO2S/c1-28-22-11-7-19(8-12-22)15-21(27)16-20-9-13-24-23(17-20)26-25(29-24)14-10-18-5-3-2-4-6-18/h2-14,17H,15-16H2,1H3. The molecule has 4 rings (SSSR count). The van der Waals surface area contributed by atoms with Gasteiger partial charge in [-0.15, -0.1) is 11.3 Å². The molecule has 29 heavy (non-hydrogen) atoms. The van der Waals surface area contributed by atoms with Crippen LogP contribution in [0.1, 0.15) is 21.7 Å². The van der Waals surface area contributed by atoms with Gasteiger partial charge in [-0.2, -0.15) is 0 Å². The van der Waals surface area contributed by atoms with Gasteiger partial charge in [0.25, 0.3) is 0 Å². The summed E-state index contributed by atoms with van der Waals surface area (Å²) in [5.74, 6) is 0.987. The van der Waals surface area contributed by atoms with Gasteiger partial charge in [0, 0.05) is 12.8 Å². The minimum atomic E-state index is 0.189. The van der Waals surface area contributed by atoms with Crippen molar-refractivity contribution >= 4 is 39.5 Å². The van der Waals surface area contributed by atoms with Crippen LogP contribution in [0.25, 0.3) is 22.4 Å². The van der Waals surface area contributed by atoms with E-state index in [2.05, 4.69) is 24.3 Å². The molecule has 0 atom stereocenters. The second kappa shape index (κ2) is 8.84. The predicted molar refractivity (Wildman–Crippen MR) is 120 cm³/mol. The summed E-state index contributed by atoms with van der Waals surface area (Å²) < 4.78 is 6.29. The van der Waals surface area contributed by atoms with Crippen molar-refractivity contribution in [2.75, 3.05) is 7.11 Å². The fourth-order valence-corrected chi connectivity index (χ4v) is 4.02. The topological polar surface area (TPSA) is 39.2 Å². The van der Waals surface area contributed by atoms with Crippen molar-refractivity contribution in [1.29, 1.82) is 0 Å². The third kappa shape index (κ3) is 4.98. The van der Waals surface area contributed by atoms with Crippen molar-refractivity contribution in [1.82, 2.24) is 4.98 Å². The van der Waals surface area contributed by atoms with Gasteiger partial charge in [0.1, 0.15) is 16.5 Å². The van der Waals surface area contributed by atoms with Gasteiger partial charge in [-0.1, -0.05) is 54.6 Å². The molecule has 0 aliphatic heterocycles. The zero-order valence-electron chi connectivity index (χ0n) is 16.2. The van der Waals surface area contributed by atoms with E-state index in [0.717, 1.165) is 37.7 Å². The third-order valence-corrected chi connectivity index (χ3v) is 5.65. The molecule has 0 radical (unpaired) electrons. The monoisotopic (exact) mass is 399 g/mol. The molecule has 0 saturated heterocycles. The Labute approximate surface area is 174 Å². The van der Waals surface area contributed by atoms with E-state index in [4.69, 9.17) is 9.72 Å². The highest BCUT2D eigenvalue weighted by Crippen LogP contribution is 2.25. The highest BCUT2D eigenvalue weighted by molar-refractivity contribution is 7.19. The third-order valence-electron chi connectivity index (χ3n) is 4.65. The molecule has 3 nitrogen and oxygen atoms in total. The van der Waals surface area contributed by atoms with Gasteiger partial charge in [-0.05, 0) is 47.0 Å². The highest BCUT2D eigenvalue weighted by atomic mass is 32.1. The molecule has 1 heterocycles. The van der Waals surface area contributed by atoms with Crippen molar-refractivity contribution in [3.8, 4) is 5.75 Å². The molecule has 0 spiro atoms. The second-order valence-electron chi connectivity index (χ2n) is 6.84. The van der Waals surface area contributed by atoms with Gasteiger partial charge in [-0.25, -0.2) is 4.98 Å².